The topological polar surface area (TPSA) is 103 Å². The molecular formula is C29H22FN5O2. The van der Waals surface area contributed by atoms with E-state index in [4.69, 9.17) is 10.00 Å². The van der Waals surface area contributed by atoms with Crippen LogP contribution in [-0.2, 0) is 6.61 Å². The van der Waals surface area contributed by atoms with Crippen molar-refractivity contribution in [3.05, 3.63) is 118 Å². The summed E-state index contributed by atoms with van der Waals surface area (Å²) in [7, 11) is 0. The van der Waals surface area contributed by atoms with E-state index in [0.717, 1.165) is 34.3 Å². The van der Waals surface area contributed by atoms with Crippen LogP contribution in [0, 0.1) is 42.3 Å². The van der Waals surface area contributed by atoms with E-state index < -0.39 is 11.7 Å². The monoisotopic (exact) mass is 491 g/mol. The number of benzene rings is 3. The highest BCUT2D eigenvalue weighted by atomic mass is 19.1. The number of carbonyl (C=O) groups excluding carboxylic acids is 1. The summed E-state index contributed by atoms with van der Waals surface area (Å²) >= 11 is 0. The molecule has 182 valence electrons. The highest BCUT2D eigenvalue weighted by Gasteiger charge is 2.13. The van der Waals surface area contributed by atoms with Gasteiger partial charge in [-0.05, 0) is 68.4 Å². The SMILES string of the molecule is Cc1cc(/C=N\NC(=O)c2ccc(C#N)cc2F)c(C)n1-c1ccc(OCc2ccccc2C#N)cc1. The molecule has 0 saturated heterocycles. The van der Waals surface area contributed by atoms with Crippen molar-refractivity contribution < 1.29 is 13.9 Å². The fraction of sp³-hybridized carbons (Fsp3) is 0.103. The number of nitrogens with one attached hydrogen (secondary N) is 1. The zero-order valence-corrected chi connectivity index (χ0v) is 20.2. The summed E-state index contributed by atoms with van der Waals surface area (Å²) in [4.78, 5) is 12.3. The van der Waals surface area contributed by atoms with Crippen molar-refractivity contribution in [1.29, 1.82) is 10.5 Å². The highest BCUT2D eigenvalue weighted by molar-refractivity contribution is 5.95. The predicted molar refractivity (Wildman–Crippen MR) is 137 cm³/mol. The van der Waals surface area contributed by atoms with E-state index in [-0.39, 0.29) is 11.1 Å². The molecule has 37 heavy (non-hydrogen) atoms. The van der Waals surface area contributed by atoms with Crippen LogP contribution >= 0.6 is 0 Å². The number of carbonyl (C=O) groups is 1. The van der Waals surface area contributed by atoms with Crippen molar-refractivity contribution in [3.8, 4) is 23.6 Å². The Hall–Kier alpha value is -5.21. The minimum Gasteiger partial charge on any atom is -0.489 e. The van der Waals surface area contributed by atoms with Gasteiger partial charge in [-0.3, -0.25) is 4.79 Å². The first-order chi connectivity index (χ1) is 17.9. The van der Waals surface area contributed by atoms with E-state index in [1.54, 1.807) is 6.07 Å². The number of hydrazone groups is 1. The molecule has 0 aliphatic carbocycles. The predicted octanol–water partition coefficient (Wildman–Crippen LogP) is 5.32. The molecule has 0 radical (unpaired) electrons. The van der Waals surface area contributed by atoms with Gasteiger partial charge in [0.15, 0.2) is 0 Å². The Kier molecular flexibility index (Phi) is 7.42. The normalized spacial score (nSPS) is 10.6. The number of rotatable bonds is 7. The van der Waals surface area contributed by atoms with Crippen LogP contribution < -0.4 is 10.2 Å². The molecule has 1 N–H and O–H groups in total. The van der Waals surface area contributed by atoms with Gasteiger partial charge in [0.1, 0.15) is 18.2 Å². The maximum Gasteiger partial charge on any atom is 0.274 e. The van der Waals surface area contributed by atoms with Gasteiger partial charge in [-0.15, -0.1) is 0 Å². The van der Waals surface area contributed by atoms with Crippen molar-refractivity contribution in [2.45, 2.75) is 20.5 Å². The Morgan fingerprint density at radius 1 is 1.05 bits per heavy atom. The lowest BCUT2D eigenvalue weighted by Gasteiger charge is -2.12. The van der Waals surface area contributed by atoms with Gasteiger partial charge in [-0.25, -0.2) is 9.82 Å². The molecule has 3 aromatic carbocycles. The smallest absolute Gasteiger partial charge is 0.274 e. The number of hydrogen-bond donors (Lipinski definition) is 1. The van der Waals surface area contributed by atoms with Crippen LogP contribution in [-0.4, -0.2) is 16.7 Å². The Morgan fingerprint density at radius 3 is 2.51 bits per heavy atom. The molecule has 0 atom stereocenters. The van der Waals surface area contributed by atoms with E-state index in [1.807, 2.05) is 73.0 Å². The molecule has 0 fully saturated rings. The van der Waals surface area contributed by atoms with E-state index in [9.17, 15) is 14.4 Å². The maximum atomic E-state index is 14.1. The van der Waals surface area contributed by atoms with Gasteiger partial charge in [0, 0.05) is 28.2 Å². The third-order valence-electron chi connectivity index (χ3n) is 5.81. The van der Waals surface area contributed by atoms with Crippen molar-refractivity contribution >= 4 is 12.1 Å². The zero-order valence-electron chi connectivity index (χ0n) is 20.2. The van der Waals surface area contributed by atoms with Crippen molar-refractivity contribution in [2.75, 3.05) is 0 Å². The number of amides is 1. The van der Waals surface area contributed by atoms with E-state index in [0.29, 0.717) is 17.9 Å². The van der Waals surface area contributed by atoms with E-state index in [2.05, 4.69) is 16.6 Å². The molecule has 0 spiro atoms. The molecule has 4 rings (SSSR count). The first-order valence-corrected chi connectivity index (χ1v) is 11.3. The fourth-order valence-electron chi connectivity index (χ4n) is 3.91. The Balaban J connectivity index is 1.44. The summed E-state index contributed by atoms with van der Waals surface area (Å²) in [5.41, 5.74) is 7.24. The third-order valence-corrected chi connectivity index (χ3v) is 5.81. The summed E-state index contributed by atoms with van der Waals surface area (Å²) in [6.07, 6.45) is 1.50. The maximum absolute atomic E-state index is 14.1. The number of halogens is 1. The third kappa shape index (κ3) is 5.55. The zero-order chi connectivity index (χ0) is 26.4. The lowest BCUT2D eigenvalue weighted by molar-refractivity contribution is 0.0951. The van der Waals surface area contributed by atoms with Crippen LogP contribution in [0.15, 0.2) is 77.9 Å². The van der Waals surface area contributed by atoms with Crippen LogP contribution in [0.1, 0.15) is 44.0 Å². The molecule has 0 bridgehead atoms. The van der Waals surface area contributed by atoms with Gasteiger partial charge < -0.3 is 9.30 Å². The van der Waals surface area contributed by atoms with Crippen LogP contribution in [0.3, 0.4) is 0 Å². The minimum atomic E-state index is -0.786. The average Bonchev–Trinajstić information content (AvgIpc) is 3.20. The van der Waals surface area contributed by atoms with Crippen LogP contribution in [0.4, 0.5) is 4.39 Å². The minimum absolute atomic E-state index is 0.133. The second kappa shape index (κ2) is 11.0. The summed E-state index contributed by atoms with van der Waals surface area (Å²) in [5, 5.41) is 22.0. The average molecular weight is 492 g/mol. The molecule has 1 aromatic heterocycles. The van der Waals surface area contributed by atoms with Crippen LogP contribution in [0.2, 0.25) is 0 Å². The van der Waals surface area contributed by atoms with Gasteiger partial charge in [-0.2, -0.15) is 15.6 Å². The van der Waals surface area contributed by atoms with Crippen molar-refractivity contribution in [1.82, 2.24) is 9.99 Å². The van der Waals surface area contributed by atoms with Gasteiger partial charge in [-0.1, -0.05) is 18.2 Å². The lowest BCUT2D eigenvalue weighted by atomic mass is 10.1. The molecule has 1 amide bonds. The quantitative estimate of drug-likeness (QED) is 0.279. The van der Waals surface area contributed by atoms with Crippen LogP contribution in [0.25, 0.3) is 5.69 Å². The molecular weight excluding hydrogens is 469 g/mol. The number of hydrogen-bond acceptors (Lipinski definition) is 5. The summed E-state index contributed by atoms with van der Waals surface area (Å²) < 4.78 is 22.0. The second-order valence-electron chi connectivity index (χ2n) is 8.22. The largest absolute Gasteiger partial charge is 0.489 e. The summed E-state index contributed by atoms with van der Waals surface area (Å²) in [5.74, 6) is -0.815. The van der Waals surface area contributed by atoms with E-state index in [1.165, 1.54) is 18.3 Å². The molecule has 0 aliphatic rings. The molecule has 0 saturated carbocycles. The first-order valence-electron chi connectivity index (χ1n) is 11.3. The van der Waals surface area contributed by atoms with Crippen LogP contribution in [0.5, 0.6) is 5.75 Å². The van der Waals surface area contributed by atoms with Gasteiger partial charge in [0.05, 0.1) is 35.0 Å². The molecule has 1 heterocycles. The number of nitrogens with zero attached hydrogens (tertiary/aromatic N) is 4. The highest BCUT2D eigenvalue weighted by Crippen LogP contribution is 2.23. The number of aryl methyl sites for hydroxylation is 1. The Bertz CT molecular complexity index is 1570. The Morgan fingerprint density at radius 2 is 1.81 bits per heavy atom. The lowest BCUT2D eigenvalue weighted by Crippen LogP contribution is -2.19. The standard InChI is InChI=1S/C29H22FN5O2/c1-19-13-24(17-33-34-29(36)27-12-7-21(15-31)14-28(27)30)20(2)35(19)25-8-10-26(11-9-25)37-18-23-6-4-3-5-22(23)16-32/h3-14,17H,18H2,1-2H3,(H,34,36)/b33-17-. The molecule has 7 nitrogen and oxygen atoms in total. The van der Waals surface area contributed by atoms with E-state index >= 15 is 0 Å². The summed E-state index contributed by atoms with van der Waals surface area (Å²) in [6, 6.07) is 24.5. The first kappa shape index (κ1) is 24.9. The molecule has 0 unspecified atom stereocenters. The van der Waals surface area contributed by atoms with Crippen molar-refractivity contribution in [2.24, 2.45) is 5.10 Å². The van der Waals surface area contributed by atoms with Gasteiger partial charge in [0.2, 0.25) is 0 Å². The van der Waals surface area contributed by atoms with Gasteiger partial charge >= 0.3 is 0 Å². The number of ether oxygens (including phenoxy) is 1. The second-order valence-corrected chi connectivity index (χ2v) is 8.22. The number of aromatic nitrogens is 1. The number of nitriles is 2. The molecule has 8 heteroatoms. The fourth-order valence-corrected chi connectivity index (χ4v) is 3.91. The molecule has 0 aliphatic heterocycles. The molecule has 4 aromatic rings. The summed E-state index contributed by atoms with van der Waals surface area (Å²) in [6.45, 7) is 4.18. The van der Waals surface area contributed by atoms with Gasteiger partial charge in [0.25, 0.3) is 5.91 Å². The van der Waals surface area contributed by atoms with Crippen molar-refractivity contribution in [3.63, 3.8) is 0 Å². The Labute approximate surface area is 213 Å².